The number of thiazole rings is 1. The highest BCUT2D eigenvalue weighted by atomic mass is 32.2. The molecule has 3 aromatic rings. The molecule has 1 aliphatic heterocycles. The number of carbonyl (C=O) groups excluding carboxylic acids is 1. The molecular weight excluding hydrogens is 395 g/mol. The van der Waals surface area contributed by atoms with Gasteiger partial charge in [0.2, 0.25) is 0 Å². The lowest BCUT2D eigenvalue weighted by Crippen LogP contribution is -2.28. The van der Waals surface area contributed by atoms with Gasteiger partial charge in [-0.3, -0.25) is 4.79 Å². The maximum absolute atomic E-state index is 13.8. The minimum Gasteiger partial charge on any atom is -0.493 e. The second kappa shape index (κ2) is 8.75. The van der Waals surface area contributed by atoms with Gasteiger partial charge in [0.15, 0.2) is 0 Å². The summed E-state index contributed by atoms with van der Waals surface area (Å²) < 4.78 is 19.5. The van der Waals surface area contributed by atoms with E-state index in [-0.39, 0.29) is 17.8 Å². The minimum absolute atomic E-state index is 0.163. The minimum atomic E-state index is -0.331. The van der Waals surface area contributed by atoms with E-state index in [1.54, 1.807) is 34.7 Å². The largest absolute Gasteiger partial charge is 0.493 e. The molecule has 28 heavy (non-hydrogen) atoms. The fraction of sp³-hybridized carbons (Fsp3) is 0.238. The molecule has 0 spiro atoms. The number of aromatic nitrogens is 1. The van der Waals surface area contributed by atoms with Crippen molar-refractivity contribution in [2.24, 2.45) is 0 Å². The van der Waals surface area contributed by atoms with Crippen molar-refractivity contribution in [2.75, 3.05) is 6.61 Å². The first-order chi connectivity index (χ1) is 13.7. The molecule has 0 saturated heterocycles. The van der Waals surface area contributed by atoms with Crippen molar-refractivity contribution in [3.8, 4) is 5.75 Å². The van der Waals surface area contributed by atoms with E-state index in [0.717, 1.165) is 17.0 Å². The van der Waals surface area contributed by atoms with Crippen LogP contribution in [0.3, 0.4) is 0 Å². The Kier molecular flexibility index (Phi) is 5.92. The Morgan fingerprint density at radius 2 is 2.21 bits per heavy atom. The quantitative estimate of drug-likeness (QED) is 0.582. The maximum atomic E-state index is 13.8. The Morgan fingerprint density at radius 1 is 1.32 bits per heavy atom. The van der Waals surface area contributed by atoms with Crippen LogP contribution in [0.5, 0.6) is 5.75 Å². The summed E-state index contributed by atoms with van der Waals surface area (Å²) in [5, 5.41) is 5.09. The van der Waals surface area contributed by atoms with Gasteiger partial charge in [-0.2, -0.15) is 0 Å². The van der Waals surface area contributed by atoms with Crippen LogP contribution in [0.2, 0.25) is 0 Å². The van der Waals surface area contributed by atoms with Crippen LogP contribution in [-0.2, 0) is 5.75 Å². The summed E-state index contributed by atoms with van der Waals surface area (Å²) >= 11 is 3.14. The van der Waals surface area contributed by atoms with Gasteiger partial charge in [-0.25, -0.2) is 9.37 Å². The molecule has 1 N–H and O–H groups in total. The first kappa shape index (κ1) is 19.0. The van der Waals surface area contributed by atoms with Crippen molar-refractivity contribution in [1.82, 2.24) is 10.3 Å². The predicted molar refractivity (Wildman–Crippen MR) is 109 cm³/mol. The van der Waals surface area contributed by atoms with E-state index in [4.69, 9.17) is 4.74 Å². The predicted octanol–water partition coefficient (Wildman–Crippen LogP) is 5.22. The highest BCUT2D eigenvalue weighted by Crippen LogP contribution is 2.33. The summed E-state index contributed by atoms with van der Waals surface area (Å²) in [6, 6.07) is 11.7. The molecule has 0 radical (unpaired) electrons. The number of rotatable bonds is 5. The van der Waals surface area contributed by atoms with Gasteiger partial charge in [0.05, 0.1) is 29.4 Å². The van der Waals surface area contributed by atoms with Crippen molar-refractivity contribution >= 4 is 29.0 Å². The maximum Gasteiger partial charge on any atom is 0.252 e. The molecule has 2 aromatic carbocycles. The van der Waals surface area contributed by atoms with E-state index in [2.05, 4.69) is 10.3 Å². The SMILES string of the molecule is O=C(N[C@@H]1CCCOc2ccc(F)cc21)c1ccccc1SCc1cscn1. The van der Waals surface area contributed by atoms with E-state index in [9.17, 15) is 9.18 Å². The summed E-state index contributed by atoms with van der Waals surface area (Å²) in [6.07, 6.45) is 1.50. The Labute approximate surface area is 171 Å². The average Bonchev–Trinajstić information content (AvgIpc) is 3.16. The molecule has 0 unspecified atom stereocenters. The molecule has 4 nitrogen and oxygen atoms in total. The van der Waals surface area contributed by atoms with Crippen molar-refractivity contribution in [1.29, 1.82) is 0 Å². The Balaban J connectivity index is 1.53. The molecule has 1 atom stereocenters. The van der Waals surface area contributed by atoms with Gasteiger partial charge in [-0.15, -0.1) is 23.1 Å². The molecule has 1 amide bonds. The third-order valence-corrected chi connectivity index (χ3v) is 6.28. The van der Waals surface area contributed by atoms with Gasteiger partial charge in [0.1, 0.15) is 11.6 Å². The number of nitrogens with one attached hydrogen (secondary N) is 1. The zero-order valence-corrected chi connectivity index (χ0v) is 16.7. The van der Waals surface area contributed by atoms with Crippen LogP contribution in [-0.4, -0.2) is 17.5 Å². The molecular formula is C21H19FN2O2S2. The van der Waals surface area contributed by atoms with Gasteiger partial charge >= 0.3 is 0 Å². The molecule has 0 fully saturated rings. The number of nitrogens with zero attached hydrogens (tertiary/aromatic N) is 1. The summed E-state index contributed by atoms with van der Waals surface area (Å²) in [5.41, 5.74) is 4.11. The number of hydrogen-bond acceptors (Lipinski definition) is 5. The summed E-state index contributed by atoms with van der Waals surface area (Å²) in [4.78, 5) is 18.2. The molecule has 4 rings (SSSR count). The fourth-order valence-electron chi connectivity index (χ4n) is 3.17. The van der Waals surface area contributed by atoms with Crippen LogP contribution < -0.4 is 10.1 Å². The number of fused-ring (bicyclic) bond motifs is 1. The lowest BCUT2D eigenvalue weighted by atomic mass is 10.0. The first-order valence-corrected chi connectivity index (χ1v) is 11.0. The van der Waals surface area contributed by atoms with E-state index in [1.165, 1.54) is 12.1 Å². The van der Waals surface area contributed by atoms with Crippen molar-refractivity contribution in [3.05, 3.63) is 76.0 Å². The molecule has 144 valence electrons. The van der Waals surface area contributed by atoms with Gasteiger partial charge in [0, 0.05) is 21.6 Å². The van der Waals surface area contributed by atoms with Gasteiger partial charge in [0.25, 0.3) is 5.91 Å². The Bertz CT molecular complexity index is 963. The topological polar surface area (TPSA) is 51.2 Å². The van der Waals surface area contributed by atoms with Crippen LogP contribution >= 0.6 is 23.1 Å². The molecule has 0 aliphatic carbocycles. The standard InChI is InChI=1S/C21H19FN2O2S2/c22-14-7-8-19-17(10-14)18(5-3-9-26-19)24-21(25)16-4-1-2-6-20(16)28-12-15-11-27-13-23-15/h1-2,4,6-8,10-11,13,18H,3,5,9,12H2,(H,24,25)/t18-/m1/s1. The first-order valence-electron chi connectivity index (χ1n) is 9.03. The van der Waals surface area contributed by atoms with Crippen LogP contribution in [0.1, 0.15) is 40.5 Å². The van der Waals surface area contributed by atoms with E-state index >= 15 is 0 Å². The number of halogens is 1. The van der Waals surface area contributed by atoms with Crippen LogP contribution in [0.4, 0.5) is 4.39 Å². The Morgan fingerprint density at radius 3 is 3.07 bits per heavy atom. The van der Waals surface area contributed by atoms with Crippen LogP contribution in [0.15, 0.2) is 58.3 Å². The second-order valence-corrected chi connectivity index (χ2v) is 8.20. The number of carbonyl (C=O) groups is 1. The fourth-order valence-corrected chi connectivity index (χ4v) is 4.79. The Hall–Kier alpha value is -2.38. The number of ether oxygens (including phenoxy) is 1. The van der Waals surface area contributed by atoms with Crippen molar-refractivity contribution in [3.63, 3.8) is 0 Å². The van der Waals surface area contributed by atoms with Gasteiger partial charge < -0.3 is 10.1 Å². The summed E-state index contributed by atoms with van der Waals surface area (Å²) in [5.74, 6) is 0.848. The van der Waals surface area contributed by atoms with Gasteiger partial charge in [-0.05, 0) is 43.2 Å². The lowest BCUT2D eigenvalue weighted by Gasteiger charge is -2.19. The van der Waals surface area contributed by atoms with Crippen molar-refractivity contribution < 1.29 is 13.9 Å². The van der Waals surface area contributed by atoms with E-state index in [0.29, 0.717) is 35.7 Å². The number of thioether (sulfide) groups is 1. The summed E-state index contributed by atoms with van der Waals surface area (Å²) in [7, 11) is 0. The van der Waals surface area contributed by atoms with Gasteiger partial charge in [-0.1, -0.05) is 12.1 Å². The van der Waals surface area contributed by atoms with Crippen molar-refractivity contribution in [2.45, 2.75) is 29.5 Å². The van der Waals surface area contributed by atoms with Crippen LogP contribution in [0.25, 0.3) is 0 Å². The van der Waals surface area contributed by atoms with E-state index < -0.39 is 0 Å². The third kappa shape index (κ3) is 4.36. The summed E-state index contributed by atoms with van der Waals surface area (Å²) in [6.45, 7) is 0.561. The molecule has 7 heteroatoms. The van der Waals surface area contributed by atoms with Crippen LogP contribution in [0, 0.1) is 5.82 Å². The number of hydrogen-bond donors (Lipinski definition) is 1. The number of amides is 1. The highest BCUT2D eigenvalue weighted by molar-refractivity contribution is 7.98. The number of benzene rings is 2. The zero-order chi connectivity index (χ0) is 19.3. The lowest BCUT2D eigenvalue weighted by molar-refractivity contribution is 0.0931. The molecule has 0 saturated carbocycles. The smallest absolute Gasteiger partial charge is 0.252 e. The molecule has 2 heterocycles. The second-order valence-electron chi connectivity index (χ2n) is 6.46. The average molecular weight is 415 g/mol. The highest BCUT2D eigenvalue weighted by Gasteiger charge is 2.23. The molecule has 0 bridgehead atoms. The normalized spacial score (nSPS) is 16.0. The zero-order valence-electron chi connectivity index (χ0n) is 15.1. The third-order valence-electron chi connectivity index (χ3n) is 4.54. The van der Waals surface area contributed by atoms with E-state index in [1.807, 2.05) is 29.6 Å². The monoisotopic (exact) mass is 414 g/mol. The molecule has 1 aromatic heterocycles. The molecule has 1 aliphatic rings.